The van der Waals surface area contributed by atoms with Gasteiger partial charge in [0.1, 0.15) is 12.2 Å². The standard InChI is InChI=1S/C22H26N2O7S/c1-22(21(27)23-28,32(2,29)30)12-18-11-19(24-31-18)16-7-3-14(4-8-16)15-5-9-17(10-6-15)20(26)13-25/h3-10,18,20,25-26,28H,11-13H2,1-2H3,(H,23,27). The van der Waals surface area contributed by atoms with Crippen molar-refractivity contribution in [2.24, 2.45) is 5.16 Å². The highest BCUT2D eigenvalue weighted by atomic mass is 32.2. The Balaban J connectivity index is 1.70. The molecule has 1 heterocycles. The fourth-order valence-electron chi connectivity index (χ4n) is 3.53. The van der Waals surface area contributed by atoms with Crippen LogP contribution in [0.1, 0.15) is 37.0 Å². The molecule has 1 aliphatic rings. The number of benzene rings is 2. The van der Waals surface area contributed by atoms with Crippen molar-refractivity contribution in [3.8, 4) is 11.1 Å². The van der Waals surface area contributed by atoms with E-state index in [-0.39, 0.29) is 13.0 Å². The van der Waals surface area contributed by atoms with Gasteiger partial charge in [-0.1, -0.05) is 53.7 Å². The highest BCUT2D eigenvalue weighted by Gasteiger charge is 2.47. The van der Waals surface area contributed by atoms with Crippen LogP contribution in [0.5, 0.6) is 0 Å². The molecule has 3 unspecified atom stereocenters. The van der Waals surface area contributed by atoms with Gasteiger partial charge in [0.15, 0.2) is 14.6 Å². The van der Waals surface area contributed by atoms with Gasteiger partial charge in [0.25, 0.3) is 5.91 Å². The van der Waals surface area contributed by atoms with Crippen LogP contribution in [-0.4, -0.2) is 59.2 Å². The Morgan fingerprint density at radius 3 is 2.19 bits per heavy atom. The SMILES string of the molecule is CC(CC1CC(c2ccc(-c3ccc(C(O)CO)cc3)cc2)=NO1)(C(=O)NO)S(C)(=O)=O. The lowest BCUT2D eigenvalue weighted by atomic mass is 9.95. The quantitative estimate of drug-likeness (QED) is 0.344. The second-order valence-electron chi connectivity index (χ2n) is 8.02. The van der Waals surface area contributed by atoms with E-state index in [9.17, 15) is 18.3 Å². The molecule has 1 aliphatic heterocycles. The van der Waals surface area contributed by atoms with E-state index in [0.717, 1.165) is 22.9 Å². The molecule has 9 nitrogen and oxygen atoms in total. The summed E-state index contributed by atoms with van der Waals surface area (Å²) in [6, 6.07) is 14.8. The second kappa shape index (κ2) is 9.37. The number of nitrogens with zero attached hydrogens (tertiary/aromatic N) is 1. The number of rotatable bonds is 8. The van der Waals surface area contributed by atoms with E-state index in [1.54, 1.807) is 12.1 Å². The molecule has 0 saturated carbocycles. The Labute approximate surface area is 186 Å². The summed E-state index contributed by atoms with van der Waals surface area (Å²) in [6.07, 6.45) is -0.444. The average molecular weight is 463 g/mol. The molecule has 3 atom stereocenters. The molecule has 0 aromatic heterocycles. The van der Waals surface area contributed by atoms with Crippen LogP contribution in [0.4, 0.5) is 0 Å². The first-order valence-electron chi connectivity index (χ1n) is 9.95. The van der Waals surface area contributed by atoms with Crippen molar-refractivity contribution in [3.63, 3.8) is 0 Å². The van der Waals surface area contributed by atoms with Crippen molar-refractivity contribution in [1.29, 1.82) is 0 Å². The maximum atomic E-state index is 12.1. The van der Waals surface area contributed by atoms with Crippen LogP contribution in [0.25, 0.3) is 11.1 Å². The van der Waals surface area contributed by atoms with Gasteiger partial charge < -0.3 is 15.1 Å². The van der Waals surface area contributed by atoms with Gasteiger partial charge in [-0.2, -0.15) is 0 Å². The zero-order chi connectivity index (χ0) is 23.5. The number of carbonyl (C=O) groups is 1. The summed E-state index contributed by atoms with van der Waals surface area (Å²) >= 11 is 0. The van der Waals surface area contributed by atoms with Gasteiger partial charge in [-0.15, -0.1) is 0 Å². The van der Waals surface area contributed by atoms with Gasteiger partial charge in [0, 0.05) is 19.1 Å². The fraction of sp³-hybridized carbons (Fsp3) is 0.364. The van der Waals surface area contributed by atoms with Crippen LogP contribution in [0, 0.1) is 0 Å². The molecule has 2 aromatic carbocycles. The lowest BCUT2D eigenvalue weighted by Crippen LogP contribution is -2.51. The minimum Gasteiger partial charge on any atom is -0.393 e. The van der Waals surface area contributed by atoms with Crippen molar-refractivity contribution in [3.05, 3.63) is 59.7 Å². The van der Waals surface area contributed by atoms with Crippen molar-refractivity contribution in [2.75, 3.05) is 12.9 Å². The van der Waals surface area contributed by atoms with E-state index in [4.69, 9.17) is 15.2 Å². The third-order valence-electron chi connectivity index (χ3n) is 5.77. The molecule has 0 bridgehead atoms. The van der Waals surface area contributed by atoms with Crippen molar-refractivity contribution < 1.29 is 33.5 Å². The monoisotopic (exact) mass is 462 g/mol. The van der Waals surface area contributed by atoms with Gasteiger partial charge in [0.2, 0.25) is 0 Å². The first kappa shape index (κ1) is 23.9. The number of nitrogens with one attached hydrogen (secondary N) is 1. The largest absolute Gasteiger partial charge is 0.393 e. The fourth-order valence-corrected chi connectivity index (χ4v) is 4.40. The lowest BCUT2D eigenvalue weighted by molar-refractivity contribution is -0.132. The van der Waals surface area contributed by atoms with Gasteiger partial charge in [-0.05, 0) is 29.2 Å². The second-order valence-corrected chi connectivity index (χ2v) is 10.5. The van der Waals surface area contributed by atoms with E-state index < -0.39 is 32.7 Å². The Hall–Kier alpha value is -2.79. The number of hydrogen-bond acceptors (Lipinski definition) is 8. The topological polar surface area (TPSA) is 146 Å². The molecule has 10 heteroatoms. The lowest BCUT2D eigenvalue weighted by Gasteiger charge is -2.26. The van der Waals surface area contributed by atoms with Gasteiger partial charge in [0.05, 0.1) is 12.3 Å². The normalized spacial score (nSPS) is 18.9. The van der Waals surface area contributed by atoms with Crippen LogP contribution in [-0.2, 0) is 19.5 Å². The molecule has 4 N–H and O–H groups in total. The number of hydroxylamine groups is 1. The van der Waals surface area contributed by atoms with E-state index in [1.165, 1.54) is 12.4 Å². The summed E-state index contributed by atoms with van der Waals surface area (Å²) < 4.78 is 22.4. The number of aliphatic hydroxyl groups is 2. The van der Waals surface area contributed by atoms with E-state index >= 15 is 0 Å². The van der Waals surface area contributed by atoms with E-state index in [2.05, 4.69) is 5.16 Å². The van der Waals surface area contributed by atoms with Crippen molar-refractivity contribution >= 4 is 21.5 Å². The maximum absolute atomic E-state index is 12.1. The molecule has 0 aliphatic carbocycles. The molecule has 32 heavy (non-hydrogen) atoms. The predicted octanol–water partition coefficient (Wildman–Crippen LogP) is 1.57. The number of oxime groups is 1. The van der Waals surface area contributed by atoms with Crippen LogP contribution in [0.2, 0.25) is 0 Å². The number of carbonyl (C=O) groups excluding carboxylic acids is 1. The van der Waals surface area contributed by atoms with Gasteiger partial charge in [-0.25, -0.2) is 13.9 Å². The molecular formula is C22H26N2O7S. The number of amides is 1. The number of hydrogen-bond donors (Lipinski definition) is 4. The zero-order valence-corrected chi connectivity index (χ0v) is 18.5. The summed E-state index contributed by atoms with van der Waals surface area (Å²) in [5, 5.41) is 31.7. The van der Waals surface area contributed by atoms with Crippen molar-refractivity contribution in [2.45, 2.75) is 36.7 Å². The van der Waals surface area contributed by atoms with Crippen LogP contribution in [0.15, 0.2) is 53.7 Å². The molecule has 0 radical (unpaired) electrons. The first-order chi connectivity index (χ1) is 15.1. The molecule has 0 spiro atoms. The van der Waals surface area contributed by atoms with Crippen LogP contribution < -0.4 is 5.48 Å². The highest BCUT2D eigenvalue weighted by Crippen LogP contribution is 2.30. The van der Waals surface area contributed by atoms with Crippen LogP contribution in [0.3, 0.4) is 0 Å². The molecule has 0 saturated heterocycles. The van der Waals surface area contributed by atoms with E-state index in [1.807, 2.05) is 36.4 Å². The molecule has 172 valence electrons. The Morgan fingerprint density at radius 2 is 1.69 bits per heavy atom. The zero-order valence-electron chi connectivity index (χ0n) is 17.7. The first-order valence-corrected chi connectivity index (χ1v) is 11.8. The summed E-state index contributed by atoms with van der Waals surface area (Å²) in [5.74, 6) is -1.01. The summed E-state index contributed by atoms with van der Waals surface area (Å²) in [4.78, 5) is 17.4. The molecular weight excluding hydrogens is 436 g/mol. The molecule has 0 fully saturated rings. The summed E-state index contributed by atoms with van der Waals surface area (Å²) in [5.41, 5.74) is 5.37. The predicted molar refractivity (Wildman–Crippen MR) is 118 cm³/mol. The highest BCUT2D eigenvalue weighted by molar-refractivity contribution is 7.92. The third kappa shape index (κ3) is 4.83. The minimum atomic E-state index is -3.82. The Bertz CT molecular complexity index is 1100. The third-order valence-corrected chi connectivity index (χ3v) is 7.76. The maximum Gasteiger partial charge on any atom is 0.264 e. The minimum absolute atomic E-state index is 0.157. The summed E-state index contributed by atoms with van der Waals surface area (Å²) in [7, 11) is -3.82. The van der Waals surface area contributed by atoms with Gasteiger partial charge in [-0.3, -0.25) is 10.0 Å². The van der Waals surface area contributed by atoms with Gasteiger partial charge >= 0.3 is 0 Å². The average Bonchev–Trinajstić information content (AvgIpc) is 3.25. The number of sulfone groups is 1. The Kier molecular flexibility index (Phi) is 6.99. The molecule has 2 aromatic rings. The Morgan fingerprint density at radius 1 is 1.16 bits per heavy atom. The van der Waals surface area contributed by atoms with Crippen LogP contribution >= 0.6 is 0 Å². The molecule has 1 amide bonds. The van der Waals surface area contributed by atoms with E-state index in [0.29, 0.717) is 17.7 Å². The van der Waals surface area contributed by atoms with Crippen molar-refractivity contribution in [1.82, 2.24) is 5.48 Å². The smallest absolute Gasteiger partial charge is 0.264 e. The number of aliphatic hydroxyl groups excluding tert-OH is 2. The summed E-state index contributed by atoms with van der Waals surface area (Å²) in [6.45, 7) is 0.905. The molecule has 3 rings (SSSR count).